The van der Waals surface area contributed by atoms with Crippen LogP contribution in [0, 0.1) is 5.41 Å². The Morgan fingerprint density at radius 3 is 2.19 bits per heavy atom. The molecule has 0 atom stereocenters. The lowest BCUT2D eigenvalue weighted by atomic mass is 9.70. The van der Waals surface area contributed by atoms with E-state index < -0.39 is 0 Å². The highest BCUT2D eigenvalue weighted by molar-refractivity contribution is 5.92. The van der Waals surface area contributed by atoms with Crippen LogP contribution < -0.4 is 5.73 Å². The summed E-state index contributed by atoms with van der Waals surface area (Å²) in [6, 6.07) is 8.71. The predicted molar refractivity (Wildman–Crippen MR) is 110 cm³/mol. The number of primary amides is 1. The van der Waals surface area contributed by atoms with E-state index in [1.807, 2.05) is 24.3 Å². The van der Waals surface area contributed by atoms with E-state index in [-0.39, 0.29) is 5.91 Å². The Balaban J connectivity index is 1.16. The molecule has 1 saturated carbocycles. The molecule has 1 aliphatic carbocycles. The molecule has 0 aromatic heterocycles. The molecular weight excluding hydrogens is 334 g/mol. The summed E-state index contributed by atoms with van der Waals surface area (Å²) >= 11 is 0. The zero-order valence-corrected chi connectivity index (χ0v) is 16.7. The summed E-state index contributed by atoms with van der Waals surface area (Å²) in [5, 5.41) is 0. The Bertz CT molecular complexity index is 620. The summed E-state index contributed by atoms with van der Waals surface area (Å²) in [6.45, 7) is 6.47. The monoisotopic (exact) mass is 369 g/mol. The van der Waals surface area contributed by atoms with Gasteiger partial charge in [-0.05, 0) is 107 Å². The maximum Gasteiger partial charge on any atom is 0.248 e. The van der Waals surface area contributed by atoms with Gasteiger partial charge in [0.2, 0.25) is 5.91 Å². The number of piperidine rings is 2. The molecule has 1 spiro atoms. The molecule has 2 heterocycles. The molecule has 3 fully saturated rings. The van der Waals surface area contributed by atoms with Crippen LogP contribution in [0.3, 0.4) is 0 Å². The smallest absolute Gasteiger partial charge is 0.248 e. The third-order valence-corrected chi connectivity index (χ3v) is 7.54. The molecule has 3 aliphatic rings. The number of benzene rings is 1. The average molecular weight is 370 g/mol. The van der Waals surface area contributed by atoms with Gasteiger partial charge >= 0.3 is 0 Å². The summed E-state index contributed by atoms with van der Waals surface area (Å²) in [5.74, 6) is -0.345. The summed E-state index contributed by atoms with van der Waals surface area (Å²) in [6.07, 6.45) is 12.3. The Hall–Kier alpha value is -1.39. The minimum absolute atomic E-state index is 0.345. The number of nitrogens with two attached hydrogens (primary N) is 1. The van der Waals surface area contributed by atoms with Crippen molar-refractivity contribution in [1.29, 1.82) is 0 Å². The Kier molecular flexibility index (Phi) is 5.84. The van der Waals surface area contributed by atoms with Crippen LogP contribution in [0.25, 0.3) is 0 Å². The van der Waals surface area contributed by atoms with Crippen molar-refractivity contribution in [3.63, 3.8) is 0 Å². The van der Waals surface area contributed by atoms with Gasteiger partial charge in [-0.1, -0.05) is 18.6 Å². The number of hydrogen-bond donors (Lipinski definition) is 1. The largest absolute Gasteiger partial charge is 0.366 e. The second-order valence-corrected chi connectivity index (χ2v) is 9.13. The van der Waals surface area contributed by atoms with Gasteiger partial charge < -0.3 is 15.5 Å². The van der Waals surface area contributed by atoms with Gasteiger partial charge in [-0.15, -0.1) is 0 Å². The lowest BCUT2D eigenvalue weighted by molar-refractivity contribution is 0.00505. The van der Waals surface area contributed by atoms with Gasteiger partial charge in [0, 0.05) is 11.6 Å². The van der Waals surface area contributed by atoms with Gasteiger partial charge in [0.25, 0.3) is 0 Å². The number of rotatable bonds is 6. The maximum atomic E-state index is 11.1. The van der Waals surface area contributed by atoms with Gasteiger partial charge in [0.15, 0.2) is 0 Å². The van der Waals surface area contributed by atoms with Gasteiger partial charge in [-0.2, -0.15) is 0 Å². The zero-order valence-electron chi connectivity index (χ0n) is 16.7. The van der Waals surface area contributed by atoms with Crippen LogP contribution in [0.15, 0.2) is 24.3 Å². The van der Waals surface area contributed by atoms with Crippen molar-refractivity contribution in [1.82, 2.24) is 9.80 Å². The fraction of sp³-hybridized carbons (Fsp3) is 0.696. The van der Waals surface area contributed by atoms with E-state index in [0.717, 1.165) is 12.5 Å². The minimum Gasteiger partial charge on any atom is -0.366 e. The SMILES string of the molecule is NC(=O)c1ccc(CCCN2CCC3(CC2)CCN(C2CCC2)CC3)cc1. The van der Waals surface area contributed by atoms with Crippen molar-refractivity contribution >= 4 is 5.91 Å². The molecule has 4 heteroatoms. The van der Waals surface area contributed by atoms with Crippen molar-refractivity contribution in [2.24, 2.45) is 11.1 Å². The third kappa shape index (κ3) is 4.55. The van der Waals surface area contributed by atoms with Crippen LogP contribution in [0.5, 0.6) is 0 Å². The molecule has 1 amide bonds. The molecule has 1 aromatic carbocycles. The molecule has 4 rings (SSSR count). The highest BCUT2D eigenvalue weighted by Gasteiger charge is 2.39. The first kappa shape index (κ1) is 18.9. The van der Waals surface area contributed by atoms with Crippen LogP contribution in [0.2, 0.25) is 0 Å². The highest BCUT2D eigenvalue weighted by atomic mass is 16.1. The molecule has 0 bridgehead atoms. The number of amides is 1. The second-order valence-electron chi connectivity index (χ2n) is 9.13. The molecule has 2 aliphatic heterocycles. The first-order chi connectivity index (χ1) is 13.1. The van der Waals surface area contributed by atoms with Crippen molar-refractivity contribution < 1.29 is 4.79 Å². The lowest BCUT2D eigenvalue weighted by Gasteiger charge is -2.50. The van der Waals surface area contributed by atoms with Crippen LogP contribution in [0.1, 0.15) is 67.3 Å². The minimum atomic E-state index is -0.345. The molecule has 4 nitrogen and oxygen atoms in total. The van der Waals surface area contributed by atoms with E-state index >= 15 is 0 Å². The molecule has 0 radical (unpaired) electrons. The van der Waals surface area contributed by atoms with E-state index in [0.29, 0.717) is 11.0 Å². The van der Waals surface area contributed by atoms with Gasteiger partial charge in [-0.3, -0.25) is 4.79 Å². The molecule has 2 saturated heterocycles. The van der Waals surface area contributed by atoms with Crippen LogP contribution in [0.4, 0.5) is 0 Å². The summed E-state index contributed by atoms with van der Waals surface area (Å²) < 4.78 is 0. The number of likely N-dealkylation sites (tertiary alicyclic amines) is 2. The molecule has 0 unspecified atom stereocenters. The molecule has 2 N–H and O–H groups in total. The van der Waals surface area contributed by atoms with E-state index in [1.54, 1.807) is 0 Å². The van der Waals surface area contributed by atoms with Crippen LogP contribution in [-0.2, 0) is 6.42 Å². The van der Waals surface area contributed by atoms with E-state index in [9.17, 15) is 4.79 Å². The fourth-order valence-corrected chi connectivity index (χ4v) is 5.21. The first-order valence-corrected chi connectivity index (χ1v) is 11.0. The molecular formula is C23H35N3O. The van der Waals surface area contributed by atoms with Crippen molar-refractivity contribution in [3.8, 4) is 0 Å². The maximum absolute atomic E-state index is 11.1. The van der Waals surface area contributed by atoms with Crippen molar-refractivity contribution in [2.75, 3.05) is 32.7 Å². The topological polar surface area (TPSA) is 49.6 Å². The molecule has 1 aromatic rings. The average Bonchev–Trinajstić information content (AvgIpc) is 2.64. The quantitative estimate of drug-likeness (QED) is 0.835. The zero-order chi connectivity index (χ0) is 18.7. The number of hydrogen-bond acceptors (Lipinski definition) is 3. The van der Waals surface area contributed by atoms with Gasteiger partial charge in [0.05, 0.1) is 0 Å². The van der Waals surface area contributed by atoms with Crippen molar-refractivity contribution in [2.45, 2.75) is 63.8 Å². The van der Waals surface area contributed by atoms with Gasteiger partial charge in [0.1, 0.15) is 0 Å². The number of nitrogens with zero attached hydrogens (tertiary/aromatic N) is 2. The van der Waals surface area contributed by atoms with Crippen molar-refractivity contribution in [3.05, 3.63) is 35.4 Å². The number of carbonyl (C=O) groups excluding carboxylic acids is 1. The number of aryl methyl sites for hydroxylation is 1. The Morgan fingerprint density at radius 1 is 1.00 bits per heavy atom. The first-order valence-electron chi connectivity index (χ1n) is 11.0. The van der Waals surface area contributed by atoms with Crippen LogP contribution in [-0.4, -0.2) is 54.5 Å². The molecule has 148 valence electrons. The summed E-state index contributed by atoms with van der Waals surface area (Å²) in [7, 11) is 0. The Morgan fingerprint density at radius 2 is 1.63 bits per heavy atom. The standard InChI is InChI=1S/C23H35N3O/c24-22(27)20-8-6-19(7-9-20)3-2-14-25-15-10-23(11-16-25)12-17-26(18-13-23)21-4-1-5-21/h6-9,21H,1-5,10-18H2,(H2,24,27). The van der Waals surface area contributed by atoms with Gasteiger partial charge in [-0.25, -0.2) is 0 Å². The molecule has 27 heavy (non-hydrogen) atoms. The normalized spacial score (nSPS) is 24.0. The fourth-order valence-electron chi connectivity index (χ4n) is 5.21. The summed E-state index contributed by atoms with van der Waals surface area (Å²) in [5.41, 5.74) is 7.86. The second kappa shape index (κ2) is 8.32. The van der Waals surface area contributed by atoms with E-state index in [1.165, 1.54) is 89.7 Å². The van der Waals surface area contributed by atoms with E-state index in [2.05, 4.69) is 9.80 Å². The highest BCUT2D eigenvalue weighted by Crippen LogP contribution is 2.42. The summed E-state index contributed by atoms with van der Waals surface area (Å²) in [4.78, 5) is 16.6. The Labute approximate surface area is 164 Å². The third-order valence-electron chi connectivity index (χ3n) is 7.54. The number of carbonyl (C=O) groups is 1. The van der Waals surface area contributed by atoms with E-state index in [4.69, 9.17) is 5.73 Å². The van der Waals surface area contributed by atoms with Crippen LogP contribution >= 0.6 is 0 Å². The lowest BCUT2D eigenvalue weighted by Crippen LogP contribution is -2.50. The predicted octanol–water partition coefficient (Wildman–Crippen LogP) is 3.45.